The molecule has 2 aromatic heterocycles. The van der Waals surface area contributed by atoms with E-state index in [1.54, 1.807) is 55.1 Å². The van der Waals surface area contributed by atoms with Gasteiger partial charge in [-0.05, 0) is 60.5 Å². The number of ether oxygens (including phenoxy) is 1. The van der Waals surface area contributed by atoms with Gasteiger partial charge in [0.05, 0.1) is 12.2 Å². The van der Waals surface area contributed by atoms with Crippen LogP contribution in [0, 0.1) is 0 Å². The highest BCUT2D eigenvalue weighted by atomic mass is 16.5. The van der Waals surface area contributed by atoms with E-state index in [0.29, 0.717) is 17.1 Å². The Labute approximate surface area is 146 Å². The van der Waals surface area contributed by atoms with Crippen molar-refractivity contribution >= 4 is 5.91 Å². The summed E-state index contributed by atoms with van der Waals surface area (Å²) in [5.41, 5.74) is 1.63. The normalized spacial score (nSPS) is 11.6. The number of aromatic nitrogens is 2. The second-order valence-electron chi connectivity index (χ2n) is 5.53. The number of pyridine rings is 2. The molecule has 0 radical (unpaired) electrons. The first kappa shape index (κ1) is 16.6. The summed E-state index contributed by atoms with van der Waals surface area (Å²) in [7, 11) is 0. The lowest BCUT2D eigenvalue weighted by Crippen LogP contribution is -2.28. The highest BCUT2D eigenvalue weighted by Gasteiger charge is 2.14. The smallest absolute Gasteiger partial charge is 0.251 e. The van der Waals surface area contributed by atoms with Gasteiger partial charge in [0.1, 0.15) is 11.5 Å². The molecule has 3 aromatic rings. The lowest BCUT2D eigenvalue weighted by atomic mass is 10.1. The van der Waals surface area contributed by atoms with Crippen LogP contribution in [0.15, 0.2) is 73.3 Å². The molecule has 2 heterocycles. The van der Waals surface area contributed by atoms with Crippen LogP contribution in [0.5, 0.6) is 11.5 Å². The number of nitrogens with zero attached hydrogens (tertiary/aromatic N) is 2. The number of nitrogens with one attached hydrogen (secondary N) is 1. The largest absolute Gasteiger partial charge is 0.456 e. The lowest BCUT2D eigenvalue weighted by Gasteiger charge is -2.17. The van der Waals surface area contributed by atoms with Gasteiger partial charge in [-0.1, -0.05) is 6.92 Å². The van der Waals surface area contributed by atoms with Crippen LogP contribution in [0.3, 0.4) is 0 Å². The number of hydrogen-bond acceptors (Lipinski definition) is 4. The fourth-order valence-electron chi connectivity index (χ4n) is 2.48. The summed E-state index contributed by atoms with van der Waals surface area (Å²) in [4.78, 5) is 20.5. The minimum Gasteiger partial charge on any atom is -0.456 e. The third kappa shape index (κ3) is 4.41. The second-order valence-corrected chi connectivity index (χ2v) is 5.53. The van der Waals surface area contributed by atoms with Crippen LogP contribution in [-0.2, 0) is 0 Å². The Bertz CT molecular complexity index is 805. The number of hydrogen-bond donors (Lipinski definition) is 1. The summed E-state index contributed by atoms with van der Waals surface area (Å²) >= 11 is 0. The van der Waals surface area contributed by atoms with Gasteiger partial charge in [0.15, 0.2) is 0 Å². The van der Waals surface area contributed by atoms with Crippen molar-refractivity contribution in [2.75, 3.05) is 0 Å². The maximum Gasteiger partial charge on any atom is 0.251 e. The molecule has 126 valence electrons. The van der Waals surface area contributed by atoms with Crippen LogP contribution in [0.1, 0.15) is 35.3 Å². The van der Waals surface area contributed by atoms with E-state index in [1.807, 2.05) is 25.1 Å². The molecule has 3 rings (SSSR count). The monoisotopic (exact) mass is 333 g/mol. The van der Waals surface area contributed by atoms with Crippen molar-refractivity contribution in [2.45, 2.75) is 19.4 Å². The molecule has 25 heavy (non-hydrogen) atoms. The highest BCUT2D eigenvalue weighted by Crippen LogP contribution is 2.21. The molecule has 1 N–H and O–H groups in total. The predicted octanol–water partition coefficient (Wildman–Crippen LogP) is 4.15. The van der Waals surface area contributed by atoms with Crippen molar-refractivity contribution in [3.05, 3.63) is 84.4 Å². The van der Waals surface area contributed by atoms with Gasteiger partial charge in [0.2, 0.25) is 0 Å². The third-order valence-electron chi connectivity index (χ3n) is 3.81. The Hall–Kier alpha value is -3.21. The van der Waals surface area contributed by atoms with E-state index in [0.717, 1.165) is 12.0 Å². The molecule has 5 heteroatoms. The zero-order chi connectivity index (χ0) is 17.5. The molecule has 1 atom stereocenters. The third-order valence-corrected chi connectivity index (χ3v) is 3.81. The van der Waals surface area contributed by atoms with Crippen LogP contribution < -0.4 is 10.1 Å². The zero-order valence-electron chi connectivity index (χ0n) is 13.9. The molecule has 1 aromatic carbocycles. The Morgan fingerprint density at radius 1 is 1.00 bits per heavy atom. The summed E-state index contributed by atoms with van der Waals surface area (Å²) in [5.74, 6) is 1.20. The summed E-state index contributed by atoms with van der Waals surface area (Å²) in [6.07, 6.45) is 7.59. The van der Waals surface area contributed by atoms with Gasteiger partial charge in [0.25, 0.3) is 5.91 Å². The Kier molecular flexibility index (Phi) is 5.36. The van der Waals surface area contributed by atoms with E-state index in [2.05, 4.69) is 15.3 Å². The Balaban J connectivity index is 1.66. The summed E-state index contributed by atoms with van der Waals surface area (Å²) < 4.78 is 5.68. The van der Waals surface area contributed by atoms with Gasteiger partial charge in [-0.3, -0.25) is 14.8 Å². The number of carbonyl (C=O) groups excluding carboxylic acids is 1. The molecule has 0 aliphatic carbocycles. The maximum atomic E-state index is 12.5. The molecule has 0 saturated heterocycles. The Morgan fingerprint density at radius 3 is 2.40 bits per heavy atom. The zero-order valence-corrected chi connectivity index (χ0v) is 13.9. The predicted molar refractivity (Wildman–Crippen MR) is 95.5 cm³/mol. The maximum absolute atomic E-state index is 12.5. The van der Waals surface area contributed by atoms with E-state index in [-0.39, 0.29) is 11.9 Å². The number of benzene rings is 1. The van der Waals surface area contributed by atoms with E-state index < -0.39 is 0 Å². The first-order chi connectivity index (χ1) is 12.3. The minimum absolute atomic E-state index is 0.0400. The molecule has 0 aliphatic rings. The van der Waals surface area contributed by atoms with Crippen molar-refractivity contribution in [2.24, 2.45) is 0 Å². The fraction of sp³-hybridized carbons (Fsp3) is 0.150. The average Bonchev–Trinajstić information content (AvgIpc) is 2.68. The number of rotatable bonds is 6. The van der Waals surface area contributed by atoms with Crippen molar-refractivity contribution in [3.8, 4) is 11.5 Å². The van der Waals surface area contributed by atoms with Gasteiger partial charge in [-0.2, -0.15) is 0 Å². The SMILES string of the molecule is CC[C@H](NC(=O)c1ccc(Oc2cccnc2)cc1)c1ccncc1. The first-order valence-electron chi connectivity index (χ1n) is 8.15. The van der Waals surface area contributed by atoms with Gasteiger partial charge in [0, 0.05) is 24.2 Å². The van der Waals surface area contributed by atoms with Gasteiger partial charge >= 0.3 is 0 Å². The summed E-state index contributed by atoms with van der Waals surface area (Å²) in [6.45, 7) is 2.04. The van der Waals surface area contributed by atoms with Crippen molar-refractivity contribution in [1.82, 2.24) is 15.3 Å². The molecular weight excluding hydrogens is 314 g/mol. The number of carbonyl (C=O) groups is 1. The Morgan fingerprint density at radius 2 is 1.76 bits per heavy atom. The molecular formula is C20H19N3O2. The van der Waals surface area contributed by atoms with E-state index in [9.17, 15) is 4.79 Å². The molecule has 0 bridgehead atoms. The first-order valence-corrected chi connectivity index (χ1v) is 8.15. The molecule has 0 aliphatic heterocycles. The minimum atomic E-state index is -0.114. The van der Waals surface area contributed by atoms with Gasteiger partial charge in [-0.25, -0.2) is 0 Å². The van der Waals surface area contributed by atoms with Crippen LogP contribution in [-0.4, -0.2) is 15.9 Å². The van der Waals surface area contributed by atoms with Gasteiger partial charge < -0.3 is 10.1 Å². The number of amides is 1. The fourth-order valence-corrected chi connectivity index (χ4v) is 2.48. The molecule has 0 unspecified atom stereocenters. The van der Waals surface area contributed by atoms with E-state index in [1.165, 1.54) is 0 Å². The van der Waals surface area contributed by atoms with E-state index >= 15 is 0 Å². The van der Waals surface area contributed by atoms with Crippen LogP contribution in [0.4, 0.5) is 0 Å². The van der Waals surface area contributed by atoms with Crippen molar-refractivity contribution in [3.63, 3.8) is 0 Å². The van der Waals surface area contributed by atoms with Crippen molar-refractivity contribution < 1.29 is 9.53 Å². The van der Waals surface area contributed by atoms with E-state index in [4.69, 9.17) is 4.74 Å². The van der Waals surface area contributed by atoms with Crippen LogP contribution in [0.2, 0.25) is 0 Å². The molecule has 0 saturated carbocycles. The standard InChI is InChI=1S/C20H19N3O2/c1-2-19(15-9-12-21-13-10-15)23-20(24)16-5-7-17(8-6-16)25-18-4-3-11-22-14-18/h3-14,19H,2H2,1H3,(H,23,24)/t19-/m0/s1. The quantitative estimate of drug-likeness (QED) is 0.736. The highest BCUT2D eigenvalue weighted by molar-refractivity contribution is 5.94. The second kappa shape index (κ2) is 8.06. The van der Waals surface area contributed by atoms with Crippen molar-refractivity contribution in [1.29, 1.82) is 0 Å². The van der Waals surface area contributed by atoms with Crippen LogP contribution in [0.25, 0.3) is 0 Å². The molecule has 1 amide bonds. The molecule has 5 nitrogen and oxygen atoms in total. The average molecular weight is 333 g/mol. The topological polar surface area (TPSA) is 64.1 Å². The van der Waals surface area contributed by atoms with Gasteiger partial charge in [-0.15, -0.1) is 0 Å². The molecule has 0 fully saturated rings. The summed E-state index contributed by atoms with van der Waals surface area (Å²) in [5, 5.41) is 3.05. The lowest BCUT2D eigenvalue weighted by molar-refractivity contribution is 0.0935. The van der Waals surface area contributed by atoms with Crippen LogP contribution >= 0.6 is 0 Å². The molecule has 0 spiro atoms. The summed E-state index contributed by atoms with van der Waals surface area (Å²) in [6, 6.07) is 14.5.